The predicted octanol–water partition coefficient (Wildman–Crippen LogP) is 4.51. The molecule has 4 nitrogen and oxygen atoms in total. The highest BCUT2D eigenvalue weighted by atomic mass is 19.4. The molecule has 2 aromatic carbocycles. The van der Waals surface area contributed by atoms with Crippen molar-refractivity contribution in [3.8, 4) is 11.1 Å². The molecule has 150 valence electrons. The molecule has 0 unspecified atom stereocenters. The maximum atomic E-state index is 14.4. The summed E-state index contributed by atoms with van der Waals surface area (Å²) < 4.78 is 53.9. The Bertz CT molecular complexity index is 894. The second kappa shape index (κ2) is 8.41. The lowest BCUT2D eigenvalue weighted by atomic mass is 9.94. The molecule has 0 aliphatic heterocycles. The molecule has 1 amide bonds. The van der Waals surface area contributed by atoms with Crippen LogP contribution in [0.25, 0.3) is 11.1 Å². The molecule has 0 atom stereocenters. The molecule has 0 bridgehead atoms. The molecule has 0 spiro atoms. The third kappa shape index (κ3) is 5.09. The third-order valence-corrected chi connectivity index (χ3v) is 4.30. The average Bonchev–Trinajstić information content (AvgIpc) is 2.59. The van der Waals surface area contributed by atoms with E-state index in [-0.39, 0.29) is 42.1 Å². The number of halogens is 4. The molecule has 8 heteroatoms. The van der Waals surface area contributed by atoms with Gasteiger partial charge in [0.25, 0.3) is 0 Å². The van der Waals surface area contributed by atoms with E-state index in [0.717, 1.165) is 24.3 Å². The van der Waals surface area contributed by atoms with E-state index >= 15 is 0 Å². The van der Waals surface area contributed by atoms with Crippen LogP contribution in [0.5, 0.6) is 0 Å². The standard InChI is InChI=1S/C20H19F4NO3/c1-3-25(12(2)26)11-14-10-15(20(22,23)24)5-6-16(14)17-8-13(9-19(27)28)4-7-18(17)21/h4-8,10H,3,9,11H2,1-2H3,(H,27,28). The summed E-state index contributed by atoms with van der Waals surface area (Å²) in [6, 6.07) is 6.58. The summed E-state index contributed by atoms with van der Waals surface area (Å²) in [5, 5.41) is 8.93. The Morgan fingerprint density at radius 3 is 2.29 bits per heavy atom. The maximum Gasteiger partial charge on any atom is 0.416 e. The molecular formula is C20H19F4NO3. The molecule has 0 saturated carbocycles. The second-order valence-electron chi connectivity index (χ2n) is 6.29. The Morgan fingerprint density at radius 2 is 1.75 bits per heavy atom. The Morgan fingerprint density at radius 1 is 1.07 bits per heavy atom. The number of nitrogens with zero attached hydrogens (tertiary/aromatic N) is 1. The average molecular weight is 397 g/mol. The van der Waals surface area contributed by atoms with E-state index in [1.807, 2.05) is 0 Å². The van der Waals surface area contributed by atoms with E-state index in [4.69, 9.17) is 5.11 Å². The zero-order valence-corrected chi connectivity index (χ0v) is 15.3. The van der Waals surface area contributed by atoms with Crippen molar-refractivity contribution in [1.82, 2.24) is 4.90 Å². The van der Waals surface area contributed by atoms with Crippen LogP contribution in [-0.2, 0) is 28.7 Å². The lowest BCUT2D eigenvalue weighted by Crippen LogP contribution is -2.28. The van der Waals surface area contributed by atoms with Crippen molar-refractivity contribution in [2.24, 2.45) is 0 Å². The zero-order valence-electron chi connectivity index (χ0n) is 15.3. The zero-order chi connectivity index (χ0) is 21.1. The molecule has 1 N–H and O–H groups in total. The van der Waals surface area contributed by atoms with Gasteiger partial charge in [-0.3, -0.25) is 9.59 Å². The number of aliphatic carboxylic acids is 1. The van der Waals surface area contributed by atoms with Gasteiger partial charge >= 0.3 is 12.1 Å². The van der Waals surface area contributed by atoms with Crippen molar-refractivity contribution in [2.45, 2.75) is 33.0 Å². The van der Waals surface area contributed by atoms with Crippen molar-refractivity contribution in [3.63, 3.8) is 0 Å². The van der Waals surface area contributed by atoms with Crippen LogP contribution in [0.1, 0.15) is 30.5 Å². The van der Waals surface area contributed by atoms with E-state index < -0.39 is 23.5 Å². The summed E-state index contributed by atoms with van der Waals surface area (Å²) in [5.74, 6) is -2.13. The quantitative estimate of drug-likeness (QED) is 0.730. The van der Waals surface area contributed by atoms with Gasteiger partial charge < -0.3 is 10.0 Å². The Hall–Kier alpha value is -2.90. The number of hydrogen-bond donors (Lipinski definition) is 1. The van der Waals surface area contributed by atoms with Crippen molar-refractivity contribution >= 4 is 11.9 Å². The summed E-state index contributed by atoms with van der Waals surface area (Å²) in [6.07, 6.45) is -4.94. The number of rotatable bonds is 6. The first-order valence-electron chi connectivity index (χ1n) is 8.49. The summed E-state index contributed by atoms with van der Waals surface area (Å²) in [6.45, 7) is 3.12. The van der Waals surface area contributed by atoms with Crippen LogP contribution in [0.2, 0.25) is 0 Å². The molecule has 0 saturated heterocycles. The monoisotopic (exact) mass is 397 g/mol. The van der Waals surface area contributed by atoms with Crippen LogP contribution in [0, 0.1) is 5.82 Å². The minimum absolute atomic E-state index is 0.0120. The Labute approximate surface area is 159 Å². The number of carboxylic acid groups (broad SMARTS) is 1. The maximum absolute atomic E-state index is 14.4. The largest absolute Gasteiger partial charge is 0.481 e. The molecule has 2 aromatic rings. The summed E-state index contributed by atoms with van der Waals surface area (Å²) >= 11 is 0. The van der Waals surface area contributed by atoms with Crippen LogP contribution in [0.4, 0.5) is 17.6 Å². The van der Waals surface area contributed by atoms with Crippen LogP contribution >= 0.6 is 0 Å². The van der Waals surface area contributed by atoms with Crippen LogP contribution in [0.15, 0.2) is 36.4 Å². The van der Waals surface area contributed by atoms with Gasteiger partial charge in [-0.25, -0.2) is 4.39 Å². The number of carbonyl (C=O) groups is 2. The van der Waals surface area contributed by atoms with Crippen LogP contribution in [0.3, 0.4) is 0 Å². The third-order valence-electron chi connectivity index (χ3n) is 4.30. The van der Waals surface area contributed by atoms with Crippen LogP contribution in [-0.4, -0.2) is 28.4 Å². The predicted molar refractivity (Wildman–Crippen MR) is 94.9 cm³/mol. The fraction of sp³-hybridized carbons (Fsp3) is 0.300. The smallest absolute Gasteiger partial charge is 0.416 e. The fourth-order valence-corrected chi connectivity index (χ4v) is 2.88. The van der Waals surface area contributed by atoms with E-state index in [9.17, 15) is 27.2 Å². The number of benzene rings is 2. The van der Waals surface area contributed by atoms with Gasteiger partial charge in [-0.1, -0.05) is 12.1 Å². The molecule has 0 fully saturated rings. The second-order valence-corrected chi connectivity index (χ2v) is 6.29. The highest BCUT2D eigenvalue weighted by molar-refractivity contribution is 5.75. The van der Waals surface area contributed by atoms with E-state index in [1.54, 1.807) is 6.92 Å². The number of carbonyl (C=O) groups excluding carboxylic acids is 1. The highest BCUT2D eigenvalue weighted by Crippen LogP contribution is 2.35. The lowest BCUT2D eigenvalue weighted by molar-refractivity contribution is -0.138. The van der Waals surface area contributed by atoms with Gasteiger partial charge in [-0.05, 0) is 47.9 Å². The Kier molecular flexibility index (Phi) is 6.43. The van der Waals surface area contributed by atoms with Crippen molar-refractivity contribution < 1.29 is 32.3 Å². The van der Waals surface area contributed by atoms with E-state index in [0.29, 0.717) is 5.56 Å². The number of hydrogen-bond acceptors (Lipinski definition) is 2. The Balaban J connectivity index is 2.62. The molecule has 0 aliphatic carbocycles. The van der Waals surface area contributed by atoms with Gasteiger partial charge in [-0.2, -0.15) is 13.2 Å². The summed E-state index contributed by atoms with van der Waals surface area (Å²) in [7, 11) is 0. The SMILES string of the molecule is CCN(Cc1cc(C(F)(F)F)ccc1-c1cc(CC(=O)O)ccc1F)C(C)=O. The minimum Gasteiger partial charge on any atom is -0.481 e. The molecule has 0 radical (unpaired) electrons. The van der Waals surface area contributed by atoms with E-state index in [1.165, 1.54) is 24.0 Å². The van der Waals surface area contributed by atoms with Gasteiger partial charge in [0.1, 0.15) is 5.82 Å². The summed E-state index contributed by atoms with van der Waals surface area (Å²) in [5.41, 5.74) is -0.306. The molecule has 0 aromatic heterocycles. The van der Waals surface area contributed by atoms with Gasteiger partial charge in [-0.15, -0.1) is 0 Å². The number of alkyl halides is 3. The molecule has 2 rings (SSSR count). The highest BCUT2D eigenvalue weighted by Gasteiger charge is 2.31. The first-order valence-corrected chi connectivity index (χ1v) is 8.49. The fourth-order valence-electron chi connectivity index (χ4n) is 2.88. The van der Waals surface area contributed by atoms with Crippen molar-refractivity contribution in [3.05, 3.63) is 58.9 Å². The minimum atomic E-state index is -4.59. The first-order chi connectivity index (χ1) is 13.0. The molecule has 0 heterocycles. The number of amides is 1. The number of carboxylic acids is 1. The molecular weight excluding hydrogens is 378 g/mol. The van der Waals surface area contributed by atoms with Gasteiger partial charge in [0.2, 0.25) is 5.91 Å². The van der Waals surface area contributed by atoms with Crippen molar-refractivity contribution in [2.75, 3.05) is 6.54 Å². The van der Waals surface area contributed by atoms with Crippen molar-refractivity contribution in [1.29, 1.82) is 0 Å². The van der Waals surface area contributed by atoms with Gasteiger partial charge in [0.05, 0.1) is 12.0 Å². The molecule has 28 heavy (non-hydrogen) atoms. The van der Waals surface area contributed by atoms with Gasteiger partial charge in [0, 0.05) is 25.6 Å². The summed E-state index contributed by atoms with van der Waals surface area (Å²) in [4.78, 5) is 24.0. The topological polar surface area (TPSA) is 57.6 Å². The van der Waals surface area contributed by atoms with Crippen LogP contribution < -0.4 is 0 Å². The normalized spacial score (nSPS) is 11.4. The molecule has 0 aliphatic rings. The van der Waals surface area contributed by atoms with E-state index in [2.05, 4.69) is 0 Å². The van der Waals surface area contributed by atoms with Gasteiger partial charge in [0.15, 0.2) is 0 Å². The lowest BCUT2D eigenvalue weighted by Gasteiger charge is -2.22. The first kappa shape index (κ1) is 21.4.